The number of rotatable bonds is 2. The van der Waals surface area contributed by atoms with Gasteiger partial charge in [0.05, 0.1) is 39.3 Å². The predicted molar refractivity (Wildman–Crippen MR) is 120 cm³/mol. The summed E-state index contributed by atoms with van der Waals surface area (Å²) in [5.74, 6) is 0.221. The molecule has 1 N–H and O–H groups in total. The normalized spacial score (nSPS) is 24.1. The number of aromatic amines is 1. The van der Waals surface area contributed by atoms with E-state index in [4.69, 9.17) is 16.6 Å². The number of hydrogen-bond donors (Lipinski definition) is 1. The van der Waals surface area contributed by atoms with Gasteiger partial charge < -0.3 is 4.90 Å². The van der Waals surface area contributed by atoms with Gasteiger partial charge >= 0.3 is 6.18 Å². The minimum Gasteiger partial charge on any atom is -0.326 e. The summed E-state index contributed by atoms with van der Waals surface area (Å²) >= 11 is 6.15. The predicted octanol–water partition coefficient (Wildman–Crippen LogP) is 5.63. The van der Waals surface area contributed by atoms with Crippen molar-refractivity contribution in [3.63, 3.8) is 0 Å². The van der Waals surface area contributed by atoms with E-state index in [2.05, 4.69) is 22.1 Å². The number of hydrogen-bond acceptors (Lipinski definition) is 4. The van der Waals surface area contributed by atoms with Gasteiger partial charge in [-0.05, 0) is 49.8 Å². The number of carbonyl (C=O) groups is 1. The average Bonchev–Trinajstić information content (AvgIpc) is 3.30. The van der Waals surface area contributed by atoms with Crippen LogP contribution in [0.4, 0.5) is 13.2 Å². The molecule has 0 radical (unpaired) electrons. The summed E-state index contributed by atoms with van der Waals surface area (Å²) in [5.41, 5.74) is 2.05. The number of fused-ring (bicyclic) bond motifs is 4. The first-order chi connectivity index (χ1) is 16.1. The van der Waals surface area contributed by atoms with Crippen LogP contribution in [0.25, 0.3) is 11.4 Å². The summed E-state index contributed by atoms with van der Waals surface area (Å²) in [7, 11) is 0. The molecule has 4 atom stereocenters. The topological polar surface area (TPSA) is 74.8 Å². The number of nitrogens with zero attached hydrogens (tertiary/aromatic N) is 4. The lowest BCUT2D eigenvalue weighted by molar-refractivity contribution is -0.137. The van der Waals surface area contributed by atoms with Gasteiger partial charge in [0.2, 0.25) is 0 Å². The van der Waals surface area contributed by atoms with Crippen molar-refractivity contribution in [1.82, 2.24) is 25.1 Å². The molecule has 0 unspecified atom stereocenters. The lowest BCUT2D eigenvalue weighted by Gasteiger charge is -2.52. The summed E-state index contributed by atoms with van der Waals surface area (Å²) in [5, 5.41) is 6.44. The van der Waals surface area contributed by atoms with Crippen LogP contribution in [0.5, 0.6) is 0 Å². The second-order valence-electron chi connectivity index (χ2n) is 9.24. The molecular weight excluding hydrogens is 467 g/mol. The van der Waals surface area contributed by atoms with Gasteiger partial charge in [0.1, 0.15) is 5.82 Å². The van der Waals surface area contributed by atoms with Crippen LogP contribution in [-0.4, -0.2) is 37.0 Å². The van der Waals surface area contributed by atoms with E-state index in [1.807, 2.05) is 13.0 Å². The summed E-state index contributed by atoms with van der Waals surface area (Å²) in [6.07, 6.45) is -1.63. The maximum Gasteiger partial charge on any atom is 0.417 e. The number of alkyl halides is 3. The SMILES string of the molecule is Cc1nc(-c2ccn[nH]2)c2c(n1)[C@H]1[C@H](C)C[C@H](C)[C@@H](C2)N1C(=O)c1cccc(C(F)(F)F)c1Cl. The summed E-state index contributed by atoms with van der Waals surface area (Å²) < 4.78 is 40.4. The minimum absolute atomic E-state index is 0.0442. The third-order valence-corrected chi connectivity index (χ3v) is 7.37. The van der Waals surface area contributed by atoms with Crippen molar-refractivity contribution >= 4 is 17.5 Å². The molecule has 34 heavy (non-hydrogen) atoms. The number of halogens is 4. The first-order valence-corrected chi connectivity index (χ1v) is 11.5. The highest BCUT2D eigenvalue weighted by Gasteiger charge is 2.49. The van der Waals surface area contributed by atoms with Crippen molar-refractivity contribution in [2.24, 2.45) is 11.8 Å². The Kier molecular flexibility index (Phi) is 5.42. The zero-order valence-electron chi connectivity index (χ0n) is 18.8. The van der Waals surface area contributed by atoms with E-state index in [9.17, 15) is 18.0 Å². The van der Waals surface area contributed by atoms with Crippen LogP contribution in [0.15, 0.2) is 30.5 Å². The van der Waals surface area contributed by atoms with Crippen LogP contribution >= 0.6 is 11.6 Å². The van der Waals surface area contributed by atoms with E-state index in [0.29, 0.717) is 12.2 Å². The molecule has 5 rings (SSSR count). The Morgan fingerprint density at radius 1 is 1.18 bits per heavy atom. The molecule has 1 saturated heterocycles. The molecule has 4 heterocycles. The smallest absolute Gasteiger partial charge is 0.326 e. The fourth-order valence-corrected chi connectivity index (χ4v) is 5.86. The van der Waals surface area contributed by atoms with Gasteiger partial charge in [0, 0.05) is 17.8 Å². The zero-order chi connectivity index (χ0) is 24.4. The van der Waals surface area contributed by atoms with E-state index in [0.717, 1.165) is 35.1 Å². The Morgan fingerprint density at radius 2 is 1.94 bits per heavy atom. The van der Waals surface area contributed by atoms with Crippen molar-refractivity contribution in [2.45, 2.75) is 51.9 Å². The highest BCUT2D eigenvalue weighted by atomic mass is 35.5. The van der Waals surface area contributed by atoms with Crippen molar-refractivity contribution in [2.75, 3.05) is 0 Å². The molecule has 1 amide bonds. The van der Waals surface area contributed by atoms with E-state index in [1.54, 1.807) is 18.0 Å². The van der Waals surface area contributed by atoms with E-state index in [-0.39, 0.29) is 23.4 Å². The second-order valence-corrected chi connectivity index (χ2v) is 9.62. The Labute approximate surface area is 199 Å². The number of amides is 1. The van der Waals surface area contributed by atoms with Crippen molar-refractivity contribution < 1.29 is 18.0 Å². The fraction of sp³-hybridized carbons (Fsp3) is 0.417. The first-order valence-electron chi connectivity index (χ1n) is 11.1. The van der Waals surface area contributed by atoms with Gasteiger partial charge in [-0.25, -0.2) is 9.97 Å². The van der Waals surface area contributed by atoms with Gasteiger partial charge in [0.15, 0.2) is 0 Å². The number of H-pyrrole nitrogens is 1. The highest BCUT2D eigenvalue weighted by Crippen LogP contribution is 2.49. The molecule has 2 aliphatic rings. The highest BCUT2D eigenvalue weighted by molar-refractivity contribution is 6.34. The van der Waals surface area contributed by atoms with Crippen LogP contribution in [0.2, 0.25) is 5.02 Å². The number of carbonyl (C=O) groups excluding carboxylic acids is 1. The van der Waals surface area contributed by atoms with Crippen LogP contribution < -0.4 is 0 Å². The maximum atomic E-state index is 13.8. The zero-order valence-corrected chi connectivity index (χ0v) is 19.6. The maximum absolute atomic E-state index is 13.8. The molecule has 0 saturated carbocycles. The summed E-state index contributed by atoms with van der Waals surface area (Å²) in [4.78, 5) is 24.9. The van der Waals surface area contributed by atoms with E-state index in [1.165, 1.54) is 12.1 Å². The summed E-state index contributed by atoms with van der Waals surface area (Å²) in [6, 6.07) is 4.70. The quantitative estimate of drug-likeness (QED) is 0.506. The van der Waals surface area contributed by atoms with E-state index < -0.39 is 28.7 Å². The van der Waals surface area contributed by atoms with Crippen LogP contribution in [0.3, 0.4) is 0 Å². The molecule has 1 fully saturated rings. The van der Waals surface area contributed by atoms with Crippen LogP contribution in [0.1, 0.15) is 59.3 Å². The standard InChI is InChI=1S/C24H23ClF3N5O/c1-11-9-12(2)22-21-15(20(30-13(3)31-21)17-7-8-29-32-17)10-18(11)33(22)23(34)14-5-4-6-16(19(14)25)24(26,27)28/h4-8,11-12,18,22H,9-10H2,1-3H3,(H,29,32)/t11-,12+,18+,22+/m0/s1. The molecule has 0 spiro atoms. The number of piperidine rings is 1. The van der Waals surface area contributed by atoms with Gasteiger partial charge in [0.25, 0.3) is 5.91 Å². The van der Waals surface area contributed by atoms with Crippen molar-refractivity contribution in [3.05, 3.63) is 63.7 Å². The van der Waals surface area contributed by atoms with Crippen LogP contribution in [-0.2, 0) is 12.6 Å². The molecule has 6 nitrogen and oxygen atoms in total. The fourth-order valence-electron chi connectivity index (χ4n) is 5.54. The molecule has 10 heteroatoms. The van der Waals surface area contributed by atoms with E-state index >= 15 is 0 Å². The second kappa shape index (κ2) is 8.08. The number of aryl methyl sites for hydroxylation is 1. The lowest BCUT2D eigenvalue weighted by Crippen LogP contribution is -2.56. The molecule has 2 aliphatic heterocycles. The average molecular weight is 490 g/mol. The molecule has 2 aromatic heterocycles. The molecule has 0 aliphatic carbocycles. The van der Waals surface area contributed by atoms with Gasteiger partial charge in [-0.2, -0.15) is 18.3 Å². The van der Waals surface area contributed by atoms with Crippen molar-refractivity contribution in [3.8, 4) is 11.4 Å². The Balaban J connectivity index is 1.66. The summed E-state index contributed by atoms with van der Waals surface area (Å²) in [6.45, 7) is 5.91. The van der Waals surface area contributed by atoms with Gasteiger partial charge in [-0.3, -0.25) is 9.89 Å². The third kappa shape index (κ3) is 3.57. The monoisotopic (exact) mass is 489 g/mol. The minimum atomic E-state index is -4.65. The molecule has 3 aromatic rings. The lowest BCUT2D eigenvalue weighted by atomic mass is 9.71. The number of aromatic nitrogens is 4. The number of nitrogens with one attached hydrogen (secondary N) is 1. The third-order valence-electron chi connectivity index (χ3n) is 6.97. The van der Waals surface area contributed by atoms with Gasteiger partial charge in [-0.15, -0.1) is 0 Å². The number of benzene rings is 1. The Bertz CT molecular complexity index is 1260. The van der Waals surface area contributed by atoms with Gasteiger partial charge in [-0.1, -0.05) is 31.5 Å². The Hall–Kier alpha value is -2.94. The largest absolute Gasteiger partial charge is 0.417 e. The van der Waals surface area contributed by atoms with Crippen LogP contribution in [0, 0.1) is 18.8 Å². The first kappa shape index (κ1) is 22.8. The van der Waals surface area contributed by atoms with Crippen molar-refractivity contribution in [1.29, 1.82) is 0 Å². The molecule has 2 bridgehead atoms. The molecule has 178 valence electrons. The molecular formula is C24H23ClF3N5O. The molecule has 1 aromatic carbocycles. The Morgan fingerprint density at radius 3 is 2.62 bits per heavy atom.